The van der Waals surface area contributed by atoms with Crippen molar-refractivity contribution in [3.63, 3.8) is 0 Å². The first-order valence-electron chi connectivity index (χ1n) is 13.8. The Kier molecular flexibility index (Phi) is 19.7. The topological polar surface area (TPSA) is 159 Å². The molecule has 0 saturated heterocycles. The fourth-order valence-corrected chi connectivity index (χ4v) is 4.69. The molecule has 1 N–H and O–H groups in total. The summed E-state index contributed by atoms with van der Waals surface area (Å²) in [5, 5.41) is 7.98. The van der Waals surface area contributed by atoms with Crippen LogP contribution >= 0.6 is 0 Å². The third-order valence-electron chi connectivity index (χ3n) is 4.83. The molecule has 0 aromatic heterocycles. The average Bonchev–Trinajstić information content (AvgIpc) is 2.91. The molecule has 0 aliphatic rings. The van der Waals surface area contributed by atoms with Crippen molar-refractivity contribution in [2.45, 2.75) is 87.6 Å². The number of aliphatic hydroxyl groups excluding tert-OH is 1. The van der Waals surface area contributed by atoms with Crippen LogP contribution in [0.2, 0.25) is 6.04 Å². The largest absolute Gasteiger partial charge is 0.500 e. The first-order valence-corrected chi connectivity index (χ1v) is 15.7. The molecule has 0 fully saturated rings. The van der Waals surface area contributed by atoms with Crippen molar-refractivity contribution in [1.82, 2.24) is 0 Å². The van der Waals surface area contributed by atoms with Gasteiger partial charge in [-0.2, -0.15) is 17.6 Å². The van der Waals surface area contributed by atoms with Crippen molar-refractivity contribution in [3.8, 4) is 0 Å². The molecule has 0 rings (SSSR count). The molecule has 0 saturated carbocycles. The molecular formula is C20H20F24O16Si. The van der Waals surface area contributed by atoms with Gasteiger partial charge in [0.05, 0.1) is 0 Å². The normalized spacial score (nSPS) is 15.5. The van der Waals surface area contributed by atoms with Crippen molar-refractivity contribution in [2.24, 2.45) is 0 Å². The number of ether oxygens (including phenoxy) is 12. The maximum absolute atomic E-state index is 13.6. The minimum Gasteiger partial charge on any atom is -0.387 e. The molecule has 0 aromatic rings. The average molecular weight is 1000 g/mol. The van der Waals surface area contributed by atoms with E-state index >= 15 is 0 Å². The molecule has 41 heteroatoms. The van der Waals surface area contributed by atoms with E-state index in [1.165, 1.54) is 0 Å². The monoisotopic (exact) mass is 1000 g/mol. The van der Waals surface area contributed by atoms with E-state index in [-0.39, 0.29) is 12.5 Å². The van der Waals surface area contributed by atoms with Gasteiger partial charge in [0.25, 0.3) is 0 Å². The van der Waals surface area contributed by atoms with Gasteiger partial charge in [-0.3, -0.25) is 0 Å². The van der Waals surface area contributed by atoms with Crippen LogP contribution in [0.25, 0.3) is 0 Å². The highest BCUT2D eigenvalue weighted by molar-refractivity contribution is 6.60. The lowest BCUT2D eigenvalue weighted by atomic mass is 10.5. The Labute approximate surface area is 319 Å². The molecule has 0 radical (unpaired) electrons. The van der Waals surface area contributed by atoms with E-state index < -0.39 is 104 Å². The molecule has 0 heterocycles. The van der Waals surface area contributed by atoms with E-state index in [0.29, 0.717) is 0 Å². The summed E-state index contributed by atoms with van der Waals surface area (Å²) in [5.41, 5.74) is 0. The van der Waals surface area contributed by atoms with Gasteiger partial charge in [-0.25, -0.2) is 52.1 Å². The van der Waals surface area contributed by atoms with Gasteiger partial charge in [0.15, 0.2) is 0 Å². The highest BCUT2D eigenvalue weighted by Crippen LogP contribution is 2.44. The molecule has 16 nitrogen and oxygen atoms in total. The maximum Gasteiger partial charge on any atom is 0.500 e. The zero-order valence-corrected chi connectivity index (χ0v) is 29.7. The minimum absolute atomic E-state index is 0.155. The van der Waals surface area contributed by atoms with Gasteiger partial charge in [0, 0.05) is 34.0 Å². The summed E-state index contributed by atoms with van der Waals surface area (Å²) in [6, 6.07) is -0.155. The maximum atomic E-state index is 13.6. The zero-order chi connectivity index (χ0) is 48.6. The summed E-state index contributed by atoms with van der Waals surface area (Å²) in [6.07, 6.45) is -81.0. The Hall–Kier alpha value is -2.10. The van der Waals surface area contributed by atoms with Crippen LogP contribution in [0.5, 0.6) is 0 Å². The van der Waals surface area contributed by atoms with Crippen LogP contribution in [-0.4, -0.2) is 130 Å². The van der Waals surface area contributed by atoms with E-state index in [1.54, 1.807) is 28.4 Å². The quantitative estimate of drug-likeness (QED) is 0.0314. The molecular weight excluding hydrogens is 980 g/mol. The van der Waals surface area contributed by atoms with E-state index in [0.717, 1.165) is 21.3 Å². The third-order valence-corrected chi connectivity index (χ3v) is 7.67. The molecule has 0 bridgehead atoms. The van der Waals surface area contributed by atoms with Gasteiger partial charge in [0.2, 0.25) is 0 Å². The number of alkyl halides is 24. The molecule has 0 aliphatic carbocycles. The van der Waals surface area contributed by atoms with Crippen molar-refractivity contribution < 1.29 is 181 Å². The second-order valence-electron chi connectivity index (χ2n) is 9.64. The SMILES string of the molecule is CO[Si](CCCOCC(F)(F)OC(F)(F)OC(F)(F)OC(F)(F)OC(F)(F)OC(F)(F)OC(F)(F)OC(F)(F)OC(F)(F)OC(F)(F)OC(F)(F)OC(F)(F)CO)(OC)OC. The van der Waals surface area contributed by atoms with E-state index in [4.69, 9.17) is 18.4 Å². The highest BCUT2D eigenvalue weighted by atomic mass is 28.4. The van der Waals surface area contributed by atoms with Crippen molar-refractivity contribution in [1.29, 1.82) is 0 Å². The van der Waals surface area contributed by atoms with Crippen LogP contribution in [0.15, 0.2) is 0 Å². The van der Waals surface area contributed by atoms with Crippen LogP contribution in [-0.2, 0) is 70.1 Å². The lowest BCUT2D eigenvalue weighted by molar-refractivity contribution is -0.652. The minimum atomic E-state index is -7.24. The van der Waals surface area contributed by atoms with Crippen LogP contribution in [0, 0.1) is 0 Å². The smallest absolute Gasteiger partial charge is 0.387 e. The Morgan fingerprint density at radius 1 is 0.344 bits per heavy atom. The first-order chi connectivity index (χ1) is 26.7. The zero-order valence-electron chi connectivity index (χ0n) is 28.7. The molecule has 0 unspecified atom stereocenters. The predicted molar refractivity (Wildman–Crippen MR) is 125 cm³/mol. The third kappa shape index (κ3) is 24.5. The first kappa shape index (κ1) is 58.9. The molecule has 0 spiro atoms. The number of rotatable bonds is 32. The van der Waals surface area contributed by atoms with Crippen LogP contribution < -0.4 is 0 Å². The Bertz CT molecular complexity index is 1340. The molecule has 61 heavy (non-hydrogen) atoms. The summed E-state index contributed by atoms with van der Waals surface area (Å²) in [5.74, 6) is 0. The number of halogens is 24. The highest BCUT2D eigenvalue weighted by Gasteiger charge is 2.65. The predicted octanol–water partition coefficient (Wildman–Crippen LogP) is 7.13. The van der Waals surface area contributed by atoms with Gasteiger partial charge in [-0.05, 0) is 6.42 Å². The second kappa shape index (κ2) is 20.4. The Morgan fingerprint density at radius 3 is 0.770 bits per heavy atom. The Balaban J connectivity index is 5.49. The van der Waals surface area contributed by atoms with E-state index in [2.05, 4.69) is 18.9 Å². The van der Waals surface area contributed by atoms with E-state index in [9.17, 15) is 105 Å². The number of aliphatic hydroxyl groups is 1. The lowest BCUT2D eigenvalue weighted by Gasteiger charge is -2.30. The van der Waals surface area contributed by atoms with Crippen LogP contribution in [0.4, 0.5) is 105 Å². The molecule has 0 aromatic carbocycles. The standard InChI is InChI=1S/C20H20F24O16Si/c1-46-61(47-2,48-3)6-4-5-49-8-10(23,24)51-12(27,28)53-14(31,32)55-16(35,36)57-18(39,40)59-20(43,44)60-19(41,42)58-17(37,38)56-15(33,34)54-13(29,30)52-11(25,26)50-9(21,22)7-45/h45H,4-8H2,1-3H3. The van der Waals surface area contributed by atoms with Crippen molar-refractivity contribution in [2.75, 3.05) is 41.2 Å². The molecule has 0 aliphatic heterocycles. The summed E-state index contributed by atoms with van der Waals surface area (Å²) < 4.78 is 359. The summed E-state index contributed by atoms with van der Waals surface area (Å²) in [4.78, 5) is 0. The fourth-order valence-electron chi connectivity index (χ4n) is 3.00. The van der Waals surface area contributed by atoms with Gasteiger partial charge in [-0.15, -0.1) is 87.8 Å². The lowest BCUT2D eigenvalue weighted by Crippen LogP contribution is -2.50. The van der Waals surface area contributed by atoms with Gasteiger partial charge in [0.1, 0.15) is 13.2 Å². The summed E-state index contributed by atoms with van der Waals surface area (Å²) >= 11 is 0. The van der Waals surface area contributed by atoms with Crippen molar-refractivity contribution >= 4 is 8.80 Å². The number of hydrogen-bond acceptors (Lipinski definition) is 16. The molecule has 368 valence electrons. The van der Waals surface area contributed by atoms with Gasteiger partial charge in [-0.1, -0.05) is 0 Å². The van der Waals surface area contributed by atoms with Gasteiger partial charge < -0.3 is 23.1 Å². The van der Waals surface area contributed by atoms with Crippen molar-refractivity contribution in [3.05, 3.63) is 0 Å². The van der Waals surface area contributed by atoms with Crippen LogP contribution in [0.3, 0.4) is 0 Å². The number of hydrogen-bond donors (Lipinski definition) is 1. The van der Waals surface area contributed by atoms with Crippen LogP contribution in [0.1, 0.15) is 6.42 Å². The summed E-state index contributed by atoms with van der Waals surface area (Å²) in [7, 11) is 0.0312. The van der Waals surface area contributed by atoms with E-state index in [1.807, 2.05) is 9.47 Å². The second-order valence-corrected chi connectivity index (χ2v) is 12.7. The summed E-state index contributed by atoms with van der Waals surface area (Å²) in [6.45, 7) is -5.77. The molecule has 0 atom stereocenters. The fraction of sp³-hybridized carbons (Fsp3) is 1.00. The molecule has 0 amide bonds. The van der Waals surface area contributed by atoms with Gasteiger partial charge >= 0.3 is 84.0 Å². The Morgan fingerprint density at radius 2 is 0.557 bits per heavy atom.